The molecule has 1 heterocycles. The predicted octanol–water partition coefficient (Wildman–Crippen LogP) is 3.16. The summed E-state index contributed by atoms with van der Waals surface area (Å²) in [4.78, 5) is 37.8. The molecule has 0 radical (unpaired) electrons. The van der Waals surface area contributed by atoms with Crippen molar-refractivity contribution in [2.24, 2.45) is 16.7 Å². The smallest absolute Gasteiger partial charge is 0.272 e. The highest BCUT2D eigenvalue weighted by atomic mass is 19.4. The summed E-state index contributed by atoms with van der Waals surface area (Å²) in [7, 11) is 0. The van der Waals surface area contributed by atoms with Gasteiger partial charge in [-0.3, -0.25) is 19.8 Å². The Balaban J connectivity index is 1.82. The number of fused-ring (bicyclic) bond motifs is 2. The van der Waals surface area contributed by atoms with Crippen LogP contribution in [0, 0.1) is 16.7 Å². The molecule has 0 aromatic heterocycles. The van der Waals surface area contributed by atoms with Crippen molar-refractivity contribution in [2.45, 2.75) is 39.8 Å². The average molecular weight is 368 g/mol. The Morgan fingerprint density at radius 3 is 2.27 bits per heavy atom. The van der Waals surface area contributed by atoms with Crippen molar-refractivity contribution in [3.05, 3.63) is 35.4 Å². The van der Waals surface area contributed by atoms with Gasteiger partial charge in [-0.1, -0.05) is 20.8 Å². The summed E-state index contributed by atoms with van der Waals surface area (Å²) in [5.41, 5.74) is 0.0234. The number of hydrogen-bond acceptors (Lipinski definition) is 3. The van der Waals surface area contributed by atoms with Crippen LogP contribution in [0.4, 0.5) is 13.2 Å². The second-order valence-electron chi connectivity index (χ2n) is 7.64. The first-order valence-electron chi connectivity index (χ1n) is 8.26. The Kier molecular flexibility index (Phi) is 3.94. The fourth-order valence-corrected chi connectivity index (χ4v) is 3.90. The number of nitrogens with zero attached hydrogens (tertiary/aromatic N) is 1. The minimum Gasteiger partial charge on any atom is -0.272 e. The van der Waals surface area contributed by atoms with E-state index in [-0.39, 0.29) is 5.56 Å². The first-order chi connectivity index (χ1) is 11.9. The molecular weight excluding hydrogens is 349 g/mol. The SMILES string of the molecule is CC1(C)[C@H]2CC[C@]1(C)C(=O)N(NC(=O)c1ccc(C(F)(F)F)cc1)C2=O. The zero-order valence-corrected chi connectivity index (χ0v) is 14.6. The molecule has 1 aromatic carbocycles. The van der Waals surface area contributed by atoms with Gasteiger partial charge in [0.1, 0.15) is 0 Å². The molecule has 3 amide bonds. The Bertz CT molecular complexity index is 786. The summed E-state index contributed by atoms with van der Waals surface area (Å²) >= 11 is 0. The second kappa shape index (κ2) is 5.56. The van der Waals surface area contributed by atoms with Crippen molar-refractivity contribution in [3.8, 4) is 0 Å². The Hall–Kier alpha value is -2.38. The topological polar surface area (TPSA) is 66.5 Å². The number of hydrogen-bond donors (Lipinski definition) is 1. The number of hydrazine groups is 1. The fraction of sp³-hybridized carbons (Fsp3) is 0.500. The lowest BCUT2D eigenvalue weighted by molar-refractivity contribution is -0.171. The van der Waals surface area contributed by atoms with Gasteiger partial charge in [-0.15, -0.1) is 0 Å². The number of rotatable bonds is 2. The fourth-order valence-electron chi connectivity index (χ4n) is 3.90. The second-order valence-corrected chi connectivity index (χ2v) is 7.64. The molecule has 1 aliphatic heterocycles. The van der Waals surface area contributed by atoms with E-state index >= 15 is 0 Å². The summed E-state index contributed by atoms with van der Waals surface area (Å²) in [6.07, 6.45) is -3.41. The highest BCUT2D eigenvalue weighted by Gasteiger charge is 2.64. The van der Waals surface area contributed by atoms with Gasteiger partial charge in [0, 0.05) is 11.5 Å². The third kappa shape index (κ3) is 2.50. The van der Waals surface area contributed by atoms with Crippen LogP contribution in [0.5, 0.6) is 0 Å². The zero-order valence-electron chi connectivity index (χ0n) is 14.6. The number of amides is 3. The molecule has 3 rings (SSSR count). The molecule has 1 N–H and O–H groups in total. The van der Waals surface area contributed by atoms with Crippen LogP contribution in [-0.4, -0.2) is 22.7 Å². The average Bonchev–Trinajstić information content (AvgIpc) is 2.75. The minimum atomic E-state index is -4.51. The van der Waals surface area contributed by atoms with Gasteiger partial charge in [0.05, 0.1) is 11.0 Å². The van der Waals surface area contributed by atoms with Gasteiger partial charge in [-0.25, -0.2) is 0 Å². The monoisotopic (exact) mass is 368 g/mol. The van der Waals surface area contributed by atoms with E-state index in [4.69, 9.17) is 0 Å². The van der Waals surface area contributed by atoms with Gasteiger partial charge >= 0.3 is 6.18 Å². The molecule has 5 nitrogen and oxygen atoms in total. The van der Waals surface area contributed by atoms with Gasteiger partial charge in [0.25, 0.3) is 17.7 Å². The number of carbonyl (C=O) groups excluding carboxylic acids is 3. The Labute approximate surface area is 148 Å². The van der Waals surface area contributed by atoms with E-state index in [1.807, 2.05) is 13.8 Å². The molecule has 1 saturated heterocycles. The number of halogens is 3. The third-order valence-electron chi connectivity index (χ3n) is 6.11. The summed E-state index contributed by atoms with van der Waals surface area (Å²) in [6, 6.07) is 3.58. The predicted molar refractivity (Wildman–Crippen MR) is 85.4 cm³/mol. The summed E-state index contributed by atoms with van der Waals surface area (Å²) < 4.78 is 37.8. The first kappa shape index (κ1) is 18.4. The van der Waals surface area contributed by atoms with Crippen molar-refractivity contribution >= 4 is 17.7 Å². The molecule has 2 atom stereocenters. The van der Waals surface area contributed by atoms with Crippen LogP contribution in [0.2, 0.25) is 0 Å². The lowest BCUT2D eigenvalue weighted by atomic mass is 9.63. The normalized spacial score (nSPS) is 27.6. The minimum absolute atomic E-state index is 0.0686. The lowest BCUT2D eigenvalue weighted by Crippen LogP contribution is -2.63. The molecule has 140 valence electrons. The van der Waals surface area contributed by atoms with Crippen LogP contribution >= 0.6 is 0 Å². The van der Waals surface area contributed by atoms with Crippen LogP contribution in [-0.2, 0) is 15.8 Å². The van der Waals surface area contributed by atoms with Gasteiger partial charge < -0.3 is 0 Å². The van der Waals surface area contributed by atoms with Crippen molar-refractivity contribution in [1.82, 2.24) is 10.4 Å². The van der Waals surface area contributed by atoms with Gasteiger partial charge in [0.2, 0.25) is 0 Å². The lowest BCUT2D eigenvalue weighted by Gasteiger charge is -2.47. The van der Waals surface area contributed by atoms with Gasteiger partial charge in [-0.05, 0) is 42.5 Å². The van der Waals surface area contributed by atoms with E-state index in [9.17, 15) is 27.6 Å². The maximum absolute atomic E-state index is 12.8. The highest BCUT2D eigenvalue weighted by molar-refractivity contribution is 6.06. The molecule has 1 aliphatic carbocycles. The summed E-state index contributed by atoms with van der Waals surface area (Å²) in [5, 5.41) is 0.739. The van der Waals surface area contributed by atoms with Gasteiger partial charge in [0.15, 0.2) is 0 Å². The van der Waals surface area contributed by atoms with Crippen LogP contribution in [0.1, 0.15) is 49.5 Å². The number of benzene rings is 1. The third-order valence-corrected chi connectivity index (χ3v) is 6.11. The molecule has 0 spiro atoms. The molecule has 2 fully saturated rings. The van der Waals surface area contributed by atoms with E-state index in [0.29, 0.717) is 12.8 Å². The summed E-state index contributed by atoms with van der Waals surface area (Å²) in [5.74, 6) is -2.15. The number of nitrogens with one attached hydrogen (secondary N) is 1. The van der Waals surface area contributed by atoms with Crippen LogP contribution in [0.15, 0.2) is 24.3 Å². The first-order valence-corrected chi connectivity index (χ1v) is 8.26. The molecule has 2 aliphatic rings. The van der Waals surface area contributed by atoms with E-state index in [0.717, 1.165) is 29.3 Å². The molecule has 2 bridgehead atoms. The van der Waals surface area contributed by atoms with E-state index in [1.165, 1.54) is 0 Å². The van der Waals surface area contributed by atoms with Crippen molar-refractivity contribution in [2.75, 3.05) is 0 Å². The maximum atomic E-state index is 12.8. The number of carbonyl (C=O) groups is 3. The molecular formula is C18H19F3N2O3. The van der Waals surface area contributed by atoms with Gasteiger partial charge in [-0.2, -0.15) is 18.2 Å². The number of piperidine rings is 1. The van der Waals surface area contributed by atoms with Crippen LogP contribution < -0.4 is 5.43 Å². The summed E-state index contributed by atoms with van der Waals surface area (Å²) in [6.45, 7) is 5.52. The van der Waals surface area contributed by atoms with Crippen LogP contribution in [0.25, 0.3) is 0 Å². The molecule has 1 saturated carbocycles. The molecule has 1 aromatic rings. The highest BCUT2D eigenvalue weighted by Crippen LogP contribution is 2.59. The van der Waals surface area contributed by atoms with E-state index < -0.39 is 46.2 Å². The van der Waals surface area contributed by atoms with E-state index in [1.54, 1.807) is 6.92 Å². The van der Waals surface area contributed by atoms with Crippen molar-refractivity contribution < 1.29 is 27.6 Å². The molecule has 8 heteroatoms. The van der Waals surface area contributed by atoms with Crippen molar-refractivity contribution in [3.63, 3.8) is 0 Å². The molecule has 26 heavy (non-hydrogen) atoms. The van der Waals surface area contributed by atoms with Crippen LogP contribution in [0.3, 0.4) is 0 Å². The largest absolute Gasteiger partial charge is 0.416 e. The zero-order chi connectivity index (χ0) is 19.5. The standard InChI is InChI=1S/C18H19F3N2O3/c1-16(2)12-8-9-17(16,3)15(26)23(14(12)25)22-13(24)10-4-6-11(7-5-10)18(19,20)21/h4-7,12H,8-9H2,1-3H3,(H,22,24)/t12-,17+/m0/s1. The van der Waals surface area contributed by atoms with E-state index in [2.05, 4.69) is 5.43 Å². The number of imide groups is 1. The molecule has 0 unspecified atom stereocenters. The number of alkyl halides is 3. The quantitative estimate of drug-likeness (QED) is 0.816. The van der Waals surface area contributed by atoms with Crippen molar-refractivity contribution in [1.29, 1.82) is 0 Å². The maximum Gasteiger partial charge on any atom is 0.416 e. The Morgan fingerprint density at radius 2 is 1.73 bits per heavy atom. The Morgan fingerprint density at radius 1 is 1.15 bits per heavy atom.